The van der Waals surface area contributed by atoms with Gasteiger partial charge in [0.25, 0.3) is 5.91 Å². The van der Waals surface area contributed by atoms with Crippen molar-refractivity contribution in [3.05, 3.63) is 66.0 Å². The third-order valence-electron chi connectivity index (χ3n) is 4.17. The first-order chi connectivity index (χ1) is 13.9. The summed E-state index contributed by atoms with van der Waals surface area (Å²) in [7, 11) is 0. The largest absolute Gasteiger partial charge is 0.340 e. The molecule has 3 aromatic rings. The predicted octanol–water partition coefficient (Wildman–Crippen LogP) is 2.33. The van der Waals surface area contributed by atoms with Gasteiger partial charge >= 0.3 is 0 Å². The van der Waals surface area contributed by atoms with E-state index in [1.165, 1.54) is 11.0 Å². The summed E-state index contributed by atoms with van der Waals surface area (Å²) in [5.41, 5.74) is 0.442. The van der Waals surface area contributed by atoms with Gasteiger partial charge in [-0.2, -0.15) is 0 Å². The molecule has 8 nitrogen and oxygen atoms in total. The normalized spacial score (nSPS) is 11.9. The van der Waals surface area contributed by atoms with Crippen molar-refractivity contribution in [1.29, 1.82) is 0 Å². The van der Waals surface area contributed by atoms with Crippen LogP contribution in [-0.4, -0.2) is 38.1 Å². The summed E-state index contributed by atoms with van der Waals surface area (Å²) < 4.78 is 29.1. The summed E-state index contributed by atoms with van der Waals surface area (Å²) in [6.07, 6.45) is 1.43. The van der Waals surface area contributed by atoms with Gasteiger partial charge in [0, 0.05) is 5.69 Å². The number of nitrogens with one attached hydrogen (secondary N) is 2. The van der Waals surface area contributed by atoms with Crippen molar-refractivity contribution in [3.63, 3.8) is 0 Å². The standard InChI is InChI=1S/C19H18F2N6O2/c1-11(2)17(24-18(28)16-14(20)4-3-5-15(16)21)19(29)23-12-6-8-13(9-7-12)27-10-22-25-26-27/h3-11,17H,1-2H3,(H,23,29)(H,24,28)/t17-/m0/s1. The summed E-state index contributed by atoms with van der Waals surface area (Å²) in [6, 6.07) is 8.81. The fourth-order valence-corrected chi connectivity index (χ4v) is 2.66. The van der Waals surface area contributed by atoms with Crippen molar-refractivity contribution in [2.24, 2.45) is 5.92 Å². The molecule has 2 aromatic carbocycles. The molecular weight excluding hydrogens is 382 g/mol. The van der Waals surface area contributed by atoms with Gasteiger partial charge in [-0.3, -0.25) is 9.59 Å². The van der Waals surface area contributed by atoms with Crippen molar-refractivity contribution in [2.75, 3.05) is 5.32 Å². The predicted molar refractivity (Wildman–Crippen MR) is 100 cm³/mol. The molecule has 0 aliphatic rings. The van der Waals surface area contributed by atoms with E-state index in [-0.39, 0.29) is 5.92 Å². The Morgan fingerprint density at radius 2 is 1.69 bits per heavy atom. The molecule has 0 fully saturated rings. The van der Waals surface area contributed by atoms with Crippen LogP contribution in [0.4, 0.5) is 14.5 Å². The second-order valence-electron chi connectivity index (χ2n) is 6.58. The van der Waals surface area contributed by atoms with Gasteiger partial charge in [-0.25, -0.2) is 13.5 Å². The van der Waals surface area contributed by atoms with Gasteiger partial charge in [-0.05, 0) is 52.7 Å². The summed E-state index contributed by atoms with van der Waals surface area (Å²) in [4.78, 5) is 25.0. The Bertz CT molecular complexity index is 986. The number of carbonyl (C=O) groups excluding carboxylic acids is 2. The van der Waals surface area contributed by atoms with E-state index in [1.807, 2.05) is 0 Å². The maximum absolute atomic E-state index is 13.8. The van der Waals surface area contributed by atoms with Crippen LogP contribution >= 0.6 is 0 Å². The van der Waals surface area contributed by atoms with Crippen LogP contribution in [0.1, 0.15) is 24.2 Å². The van der Waals surface area contributed by atoms with E-state index in [1.54, 1.807) is 38.1 Å². The number of carbonyl (C=O) groups is 2. The van der Waals surface area contributed by atoms with Crippen LogP contribution in [0.5, 0.6) is 0 Å². The first-order valence-electron chi connectivity index (χ1n) is 8.76. The van der Waals surface area contributed by atoms with Crippen molar-refractivity contribution in [1.82, 2.24) is 25.5 Å². The van der Waals surface area contributed by atoms with Crippen LogP contribution in [0.3, 0.4) is 0 Å². The molecule has 0 saturated carbocycles. The van der Waals surface area contributed by atoms with Crippen molar-refractivity contribution in [2.45, 2.75) is 19.9 Å². The van der Waals surface area contributed by atoms with Gasteiger partial charge in [0.15, 0.2) is 0 Å². The third kappa shape index (κ3) is 4.60. The Hall–Kier alpha value is -3.69. The van der Waals surface area contributed by atoms with E-state index in [2.05, 4.69) is 26.2 Å². The lowest BCUT2D eigenvalue weighted by molar-refractivity contribution is -0.118. The fraction of sp³-hybridized carbons (Fsp3) is 0.211. The number of hydrogen-bond donors (Lipinski definition) is 2. The van der Waals surface area contributed by atoms with E-state index in [4.69, 9.17) is 0 Å². The lowest BCUT2D eigenvalue weighted by Crippen LogP contribution is -2.47. The molecule has 0 saturated heterocycles. The highest BCUT2D eigenvalue weighted by Gasteiger charge is 2.27. The molecule has 1 aromatic heterocycles. The Balaban J connectivity index is 1.72. The van der Waals surface area contributed by atoms with Crippen LogP contribution in [0.25, 0.3) is 5.69 Å². The van der Waals surface area contributed by atoms with Gasteiger partial charge in [0.1, 0.15) is 29.6 Å². The number of aromatic nitrogens is 4. The molecule has 29 heavy (non-hydrogen) atoms. The maximum Gasteiger partial charge on any atom is 0.257 e. The van der Waals surface area contributed by atoms with Gasteiger partial charge in [-0.15, -0.1) is 5.10 Å². The summed E-state index contributed by atoms with van der Waals surface area (Å²) in [5.74, 6) is -3.83. The molecule has 0 aliphatic heterocycles. The third-order valence-corrected chi connectivity index (χ3v) is 4.17. The van der Waals surface area contributed by atoms with E-state index >= 15 is 0 Å². The number of anilines is 1. The molecule has 0 bridgehead atoms. The lowest BCUT2D eigenvalue weighted by atomic mass is 10.0. The van der Waals surface area contributed by atoms with Crippen LogP contribution < -0.4 is 10.6 Å². The van der Waals surface area contributed by atoms with Crippen molar-refractivity contribution < 1.29 is 18.4 Å². The number of amides is 2. The number of rotatable bonds is 6. The molecule has 2 amide bonds. The highest BCUT2D eigenvalue weighted by Crippen LogP contribution is 2.16. The van der Waals surface area contributed by atoms with E-state index in [0.29, 0.717) is 11.4 Å². The molecule has 0 spiro atoms. The molecule has 1 heterocycles. The number of benzene rings is 2. The fourth-order valence-electron chi connectivity index (χ4n) is 2.66. The van der Waals surface area contributed by atoms with Gasteiger partial charge in [-0.1, -0.05) is 19.9 Å². The Morgan fingerprint density at radius 1 is 1.03 bits per heavy atom. The summed E-state index contributed by atoms with van der Waals surface area (Å²) in [6.45, 7) is 3.42. The van der Waals surface area contributed by atoms with Crippen LogP contribution in [0.15, 0.2) is 48.8 Å². The molecule has 150 valence electrons. The first-order valence-corrected chi connectivity index (χ1v) is 8.76. The minimum absolute atomic E-state index is 0.325. The van der Waals surface area contributed by atoms with E-state index in [9.17, 15) is 18.4 Å². The molecule has 0 radical (unpaired) electrons. The van der Waals surface area contributed by atoms with E-state index in [0.717, 1.165) is 18.2 Å². The van der Waals surface area contributed by atoms with Crippen molar-refractivity contribution >= 4 is 17.5 Å². The van der Waals surface area contributed by atoms with E-state index < -0.39 is 35.1 Å². The minimum atomic E-state index is -0.999. The minimum Gasteiger partial charge on any atom is -0.340 e. The Morgan fingerprint density at radius 3 is 2.24 bits per heavy atom. The monoisotopic (exact) mass is 400 g/mol. The molecule has 10 heteroatoms. The quantitative estimate of drug-likeness (QED) is 0.661. The smallest absolute Gasteiger partial charge is 0.257 e. The second-order valence-corrected chi connectivity index (χ2v) is 6.58. The molecule has 0 unspecified atom stereocenters. The van der Waals surface area contributed by atoms with Gasteiger partial charge in [0.2, 0.25) is 5.91 Å². The van der Waals surface area contributed by atoms with Crippen LogP contribution in [0, 0.1) is 17.6 Å². The van der Waals surface area contributed by atoms with Crippen molar-refractivity contribution in [3.8, 4) is 5.69 Å². The number of tetrazole rings is 1. The summed E-state index contributed by atoms with van der Waals surface area (Å²) >= 11 is 0. The molecule has 2 N–H and O–H groups in total. The Labute approximate surface area is 164 Å². The maximum atomic E-state index is 13.8. The first kappa shape index (κ1) is 20.1. The lowest BCUT2D eigenvalue weighted by Gasteiger charge is -2.22. The van der Waals surface area contributed by atoms with Crippen LogP contribution in [-0.2, 0) is 4.79 Å². The van der Waals surface area contributed by atoms with Gasteiger partial charge in [0.05, 0.1) is 5.69 Å². The molecule has 0 aliphatic carbocycles. The van der Waals surface area contributed by atoms with Gasteiger partial charge < -0.3 is 10.6 Å². The summed E-state index contributed by atoms with van der Waals surface area (Å²) in [5, 5.41) is 15.9. The molecule has 1 atom stereocenters. The zero-order valence-corrected chi connectivity index (χ0v) is 15.6. The number of halogens is 2. The highest BCUT2D eigenvalue weighted by atomic mass is 19.1. The second kappa shape index (κ2) is 8.55. The molecule has 3 rings (SSSR count). The Kier molecular flexibility index (Phi) is 5.91. The number of nitrogens with zero attached hydrogens (tertiary/aromatic N) is 4. The van der Waals surface area contributed by atoms with Crippen LogP contribution in [0.2, 0.25) is 0 Å². The zero-order valence-electron chi connectivity index (χ0n) is 15.6. The number of hydrogen-bond acceptors (Lipinski definition) is 5. The SMILES string of the molecule is CC(C)[C@H](NC(=O)c1c(F)cccc1F)C(=O)Nc1ccc(-n2cnnn2)cc1. The zero-order chi connectivity index (χ0) is 21.0. The topological polar surface area (TPSA) is 102 Å². The average Bonchev–Trinajstić information content (AvgIpc) is 3.21. The average molecular weight is 400 g/mol. The highest BCUT2D eigenvalue weighted by molar-refractivity contribution is 6.01. The molecular formula is C19H18F2N6O2.